The molecule has 108 valence electrons. The molecule has 0 spiro atoms. The van der Waals surface area contributed by atoms with Crippen molar-refractivity contribution in [3.63, 3.8) is 0 Å². The Hall–Kier alpha value is -1.61. The molecule has 2 N–H and O–H groups in total. The highest BCUT2D eigenvalue weighted by Crippen LogP contribution is 2.24. The third-order valence-corrected chi connectivity index (χ3v) is 3.78. The highest BCUT2D eigenvalue weighted by Gasteiger charge is 2.15. The number of hydrogen-bond acceptors (Lipinski definition) is 2. The lowest BCUT2D eigenvalue weighted by Gasteiger charge is -2.19. The SMILES string of the molecule is CCCn1ccnc1CC(N)c1c(C)cc(C)cc1C. The number of nitrogens with zero attached hydrogens (tertiary/aromatic N) is 2. The number of aryl methyl sites for hydroxylation is 4. The van der Waals surface area contributed by atoms with Crippen molar-refractivity contribution in [1.29, 1.82) is 0 Å². The van der Waals surface area contributed by atoms with Crippen molar-refractivity contribution in [1.82, 2.24) is 9.55 Å². The molecule has 3 heteroatoms. The van der Waals surface area contributed by atoms with Gasteiger partial charge in [0.05, 0.1) is 0 Å². The first-order valence-corrected chi connectivity index (χ1v) is 7.36. The molecule has 1 aromatic heterocycles. The fourth-order valence-corrected chi connectivity index (χ4v) is 3.05. The summed E-state index contributed by atoms with van der Waals surface area (Å²) in [5.74, 6) is 1.08. The molecule has 0 fully saturated rings. The van der Waals surface area contributed by atoms with Crippen LogP contribution in [-0.4, -0.2) is 9.55 Å². The van der Waals surface area contributed by atoms with Gasteiger partial charge in [-0.1, -0.05) is 24.6 Å². The van der Waals surface area contributed by atoms with Gasteiger partial charge in [0.2, 0.25) is 0 Å². The zero-order valence-corrected chi connectivity index (χ0v) is 13.0. The van der Waals surface area contributed by atoms with Gasteiger partial charge in [-0.15, -0.1) is 0 Å². The second-order valence-corrected chi connectivity index (χ2v) is 5.66. The lowest BCUT2D eigenvalue weighted by Crippen LogP contribution is -2.19. The van der Waals surface area contributed by atoms with Crippen molar-refractivity contribution in [3.8, 4) is 0 Å². The fourth-order valence-electron chi connectivity index (χ4n) is 3.05. The molecular weight excluding hydrogens is 246 g/mol. The predicted octanol–water partition coefficient (Wildman–Crippen LogP) is 3.46. The van der Waals surface area contributed by atoms with Crippen LogP contribution in [0.4, 0.5) is 0 Å². The van der Waals surface area contributed by atoms with Gasteiger partial charge < -0.3 is 10.3 Å². The van der Waals surface area contributed by atoms with E-state index in [1.165, 1.54) is 22.3 Å². The fraction of sp³-hybridized carbons (Fsp3) is 0.471. The third-order valence-electron chi connectivity index (χ3n) is 3.78. The summed E-state index contributed by atoms with van der Waals surface area (Å²) in [6.07, 6.45) is 5.81. The highest BCUT2D eigenvalue weighted by atomic mass is 15.1. The van der Waals surface area contributed by atoms with E-state index in [1.807, 2.05) is 12.4 Å². The summed E-state index contributed by atoms with van der Waals surface area (Å²) in [7, 11) is 0. The molecule has 0 saturated carbocycles. The van der Waals surface area contributed by atoms with Gasteiger partial charge in [0.25, 0.3) is 0 Å². The van der Waals surface area contributed by atoms with E-state index in [-0.39, 0.29) is 6.04 Å². The maximum absolute atomic E-state index is 6.45. The molecule has 20 heavy (non-hydrogen) atoms. The number of aromatic nitrogens is 2. The first-order valence-electron chi connectivity index (χ1n) is 7.36. The van der Waals surface area contributed by atoms with Crippen LogP contribution in [0.3, 0.4) is 0 Å². The van der Waals surface area contributed by atoms with Crippen LogP contribution in [0.5, 0.6) is 0 Å². The molecule has 2 rings (SSSR count). The summed E-state index contributed by atoms with van der Waals surface area (Å²) < 4.78 is 2.21. The minimum absolute atomic E-state index is 0.00797. The molecular formula is C17H25N3. The average Bonchev–Trinajstić information content (AvgIpc) is 2.75. The van der Waals surface area contributed by atoms with Crippen LogP contribution in [0, 0.1) is 20.8 Å². The minimum atomic E-state index is 0.00797. The van der Waals surface area contributed by atoms with Crippen LogP contribution in [-0.2, 0) is 13.0 Å². The molecule has 0 radical (unpaired) electrons. The Bertz CT molecular complexity index is 561. The zero-order valence-electron chi connectivity index (χ0n) is 13.0. The number of nitrogens with two attached hydrogens (primary N) is 1. The van der Waals surface area contributed by atoms with E-state index in [0.29, 0.717) is 0 Å². The van der Waals surface area contributed by atoms with Crippen molar-refractivity contribution in [2.45, 2.75) is 53.1 Å². The molecule has 3 nitrogen and oxygen atoms in total. The van der Waals surface area contributed by atoms with Gasteiger partial charge >= 0.3 is 0 Å². The Morgan fingerprint density at radius 2 is 1.85 bits per heavy atom. The molecule has 0 saturated heterocycles. The Kier molecular flexibility index (Phi) is 4.61. The third kappa shape index (κ3) is 3.10. The summed E-state index contributed by atoms with van der Waals surface area (Å²) >= 11 is 0. The largest absolute Gasteiger partial charge is 0.335 e. The van der Waals surface area contributed by atoms with Gasteiger partial charge in [0.1, 0.15) is 5.82 Å². The Morgan fingerprint density at radius 3 is 2.45 bits per heavy atom. The minimum Gasteiger partial charge on any atom is -0.335 e. The number of hydrogen-bond donors (Lipinski definition) is 1. The van der Waals surface area contributed by atoms with E-state index in [9.17, 15) is 0 Å². The monoisotopic (exact) mass is 271 g/mol. The van der Waals surface area contributed by atoms with E-state index in [2.05, 4.69) is 49.4 Å². The first-order chi connectivity index (χ1) is 9.52. The van der Waals surface area contributed by atoms with E-state index in [1.54, 1.807) is 0 Å². The highest BCUT2D eigenvalue weighted by molar-refractivity contribution is 5.39. The van der Waals surface area contributed by atoms with E-state index >= 15 is 0 Å². The predicted molar refractivity (Wildman–Crippen MR) is 83.8 cm³/mol. The average molecular weight is 271 g/mol. The van der Waals surface area contributed by atoms with Gasteiger partial charge in [-0.2, -0.15) is 0 Å². The zero-order chi connectivity index (χ0) is 14.7. The molecule has 1 heterocycles. The maximum atomic E-state index is 6.45. The maximum Gasteiger partial charge on any atom is 0.110 e. The van der Waals surface area contributed by atoms with Gasteiger partial charge in [-0.25, -0.2) is 4.98 Å². The van der Waals surface area contributed by atoms with Crippen molar-refractivity contribution >= 4 is 0 Å². The second kappa shape index (κ2) is 6.23. The molecule has 2 aromatic rings. The Morgan fingerprint density at radius 1 is 1.20 bits per heavy atom. The molecule has 0 aliphatic rings. The molecule has 1 atom stereocenters. The summed E-state index contributed by atoms with van der Waals surface area (Å²) in [5.41, 5.74) is 11.6. The quantitative estimate of drug-likeness (QED) is 0.905. The van der Waals surface area contributed by atoms with Crippen LogP contribution in [0.25, 0.3) is 0 Å². The smallest absolute Gasteiger partial charge is 0.110 e. The Balaban J connectivity index is 2.24. The van der Waals surface area contributed by atoms with Gasteiger partial charge in [-0.3, -0.25) is 0 Å². The van der Waals surface area contributed by atoms with Crippen LogP contribution < -0.4 is 5.73 Å². The molecule has 1 unspecified atom stereocenters. The van der Waals surface area contributed by atoms with Crippen molar-refractivity contribution in [2.24, 2.45) is 5.73 Å². The van der Waals surface area contributed by atoms with Gasteiger partial charge in [0, 0.05) is 31.4 Å². The normalized spacial score (nSPS) is 12.7. The van der Waals surface area contributed by atoms with Crippen molar-refractivity contribution in [2.75, 3.05) is 0 Å². The standard InChI is InChI=1S/C17H25N3/c1-5-7-20-8-6-19-16(20)11-15(18)17-13(3)9-12(2)10-14(17)4/h6,8-10,15H,5,7,11,18H2,1-4H3. The second-order valence-electron chi connectivity index (χ2n) is 5.66. The molecule has 0 aliphatic heterocycles. The van der Waals surface area contributed by atoms with Crippen molar-refractivity contribution < 1.29 is 0 Å². The number of rotatable bonds is 5. The molecule has 0 aliphatic carbocycles. The van der Waals surface area contributed by atoms with Crippen LogP contribution in [0.15, 0.2) is 24.5 Å². The van der Waals surface area contributed by atoms with Crippen LogP contribution in [0.2, 0.25) is 0 Å². The Labute approximate surface area is 121 Å². The molecule has 0 bridgehead atoms. The summed E-state index contributed by atoms with van der Waals surface area (Å²) in [6.45, 7) is 9.61. The van der Waals surface area contributed by atoms with Crippen LogP contribution in [0.1, 0.15) is 47.5 Å². The number of benzene rings is 1. The van der Waals surface area contributed by atoms with Crippen molar-refractivity contribution in [3.05, 3.63) is 52.6 Å². The lowest BCUT2D eigenvalue weighted by molar-refractivity contribution is 0.596. The lowest BCUT2D eigenvalue weighted by atomic mass is 9.93. The summed E-state index contributed by atoms with van der Waals surface area (Å²) in [5, 5.41) is 0. The van der Waals surface area contributed by atoms with Gasteiger partial charge in [0.15, 0.2) is 0 Å². The topological polar surface area (TPSA) is 43.8 Å². The number of imidazole rings is 1. The van der Waals surface area contributed by atoms with Gasteiger partial charge in [-0.05, 0) is 43.9 Å². The van der Waals surface area contributed by atoms with E-state index in [0.717, 1.165) is 25.2 Å². The summed E-state index contributed by atoms with van der Waals surface area (Å²) in [6, 6.07) is 4.43. The van der Waals surface area contributed by atoms with Crippen LogP contribution >= 0.6 is 0 Å². The summed E-state index contributed by atoms with van der Waals surface area (Å²) in [4.78, 5) is 4.46. The van der Waals surface area contributed by atoms with E-state index in [4.69, 9.17) is 5.73 Å². The first kappa shape index (κ1) is 14.8. The molecule has 0 amide bonds. The van der Waals surface area contributed by atoms with E-state index < -0.39 is 0 Å². The molecule has 1 aromatic carbocycles.